The first-order valence-electron chi connectivity index (χ1n) is 7.64. The summed E-state index contributed by atoms with van der Waals surface area (Å²) in [4.78, 5) is 12.4. The predicted molar refractivity (Wildman–Crippen MR) is 89.1 cm³/mol. The number of hydrogen-bond donors (Lipinski definition) is 1. The molecule has 21 heavy (non-hydrogen) atoms. The zero-order chi connectivity index (χ0) is 15.6. The Bertz CT molecular complexity index is 516. The van der Waals surface area contributed by atoms with Crippen molar-refractivity contribution in [2.45, 2.75) is 46.1 Å². The summed E-state index contributed by atoms with van der Waals surface area (Å²) >= 11 is 3.35. The van der Waals surface area contributed by atoms with Crippen LogP contribution in [0, 0.1) is 17.8 Å². The maximum Gasteiger partial charge on any atom is 0.338 e. The molecule has 3 unspecified atom stereocenters. The Labute approximate surface area is 135 Å². The molecule has 0 spiro atoms. The Balaban J connectivity index is 2.10. The molecule has 1 saturated carbocycles. The first-order chi connectivity index (χ1) is 9.88. The van der Waals surface area contributed by atoms with Crippen molar-refractivity contribution < 1.29 is 9.53 Å². The molecule has 3 atom stereocenters. The van der Waals surface area contributed by atoms with E-state index < -0.39 is 0 Å². The number of esters is 1. The second kappa shape index (κ2) is 6.82. The first-order valence-corrected chi connectivity index (χ1v) is 8.43. The number of nitrogen functional groups attached to an aromatic ring is 1. The van der Waals surface area contributed by atoms with Gasteiger partial charge in [-0.1, -0.05) is 27.2 Å². The summed E-state index contributed by atoms with van der Waals surface area (Å²) in [6, 6.07) is 5.18. The van der Waals surface area contributed by atoms with Crippen LogP contribution in [-0.4, -0.2) is 12.1 Å². The minimum Gasteiger partial charge on any atom is -0.458 e. The number of halogens is 1. The van der Waals surface area contributed by atoms with Crippen LogP contribution in [0.1, 0.15) is 50.4 Å². The number of carbonyl (C=O) groups is 1. The fourth-order valence-corrected chi connectivity index (χ4v) is 3.49. The van der Waals surface area contributed by atoms with E-state index in [4.69, 9.17) is 10.5 Å². The third-order valence-corrected chi connectivity index (χ3v) is 5.14. The first kappa shape index (κ1) is 16.3. The van der Waals surface area contributed by atoms with E-state index in [0.29, 0.717) is 29.0 Å². The van der Waals surface area contributed by atoms with Gasteiger partial charge in [0.05, 0.1) is 5.56 Å². The Morgan fingerprint density at radius 2 is 2.10 bits per heavy atom. The molecule has 0 radical (unpaired) electrons. The highest BCUT2D eigenvalue weighted by atomic mass is 79.9. The Morgan fingerprint density at radius 1 is 1.38 bits per heavy atom. The van der Waals surface area contributed by atoms with Crippen LogP contribution < -0.4 is 5.73 Å². The van der Waals surface area contributed by atoms with Crippen molar-refractivity contribution in [1.82, 2.24) is 0 Å². The number of hydrogen-bond acceptors (Lipinski definition) is 3. The Hall–Kier alpha value is -1.03. The molecule has 2 rings (SSSR count). The van der Waals surface area contributed by atoms with Gasteiger partial charge in [-0.05, 0) is 64.7 Å². The summed E-state index contributed by atoms with van der Waals surface area (Å²) in [5.74, 6) is 1.37. The van der Waals surface area contributed by atoms with Crippen LogP contribution in [0.15, 0.2) is 22.7 Å². The summed E-state index contributed by atoms with van der Waals surface area (Å²) in [6.07, 6.45) is 3.36. The number of ether oxygens (including phenoxy) is 1. The van der Waals surface area contributed by atoms with Crippen LogP contribution >= 0.6 is 15.9 Å². The molecule has 4 heteroatoms. The summed E-state index contributed by atoms with van der Waals surface area (Å²) in [5, 5.41) is 0. The van der Waals surface area contributed by atoms with Gasteiger partial charge >= 0.3 is 5.97 Å². The van der Waals surface area contributed by atoms with Crippen molar-refractivity contribution in [2.75, 3.05) is 5.73 Å². The second-order valence-electron chi connectivity index (χ2n) is 6.51. The van der Waals surface area contributed by atoms with E-state index in [9.17, 15) is 4.79 Å². The van der Waals surface area contributed by atoms with Gasteiger partial charge in [-0.15, -0.1) is 0 Å². The van der Waals surface area contributed by atoms with Crippen molar-refractivity contribution in [3.05, 3.63) is 28.2 Å². The molecule has 0 aliphatic heterocycles. The van der Waals surface area contributed by atoms with Crippen LogP contribution in [0.5, 0.6) is 0 Å². The van der Waals surface area contributed by atoms with E-state index in [-0.39, 0.29) is 12.1 Å². The normalized spacial score (nSPS) is 25.9. The van der Waals surface area contributed by atoms with E-state index in [1.807, 2.05) is 0 Å². The van der Waals surface area contributed by atoms with Crippen LogP contribution in [0.3, 0.4) is 0 Å². The molecular formula is C17H24BrNO2. The predicted octanol–water partition coefficient (Wildman–Crippen LogP) is 4.65. The molecule has 0 bridgehead atoms. The van der Waals surface area contributed by atoms with Crippen molar-refractivity contribution in [3.63, 3.8) is 0 Å². The van der Waals surface area contributed by atoms with Gasteiger partial charge in [0.2, 0.25) is 0 Å². The van der Waals surface area contributed by atoms with Crippen molar-refractivity contribution in [2.24, 2.45) is 17.8 Å². The fourth-order valence-electron chi connectivity index (χ4n) is 3.11. The molecule has 1 aliphatic carbocycles. The van der Waals surface area contributed by atoms with Crippen LogP contribution in [-0.2, 0) is 4.74 Å². The van der Waals surface area contributed by atoms with Gasteiger partial charge < -0.3 is 10.5 Å². The number of nitrogens with two attached hydrogens (primary N) is 1. The van der Waals surface area contributed by atoms with E-state index >= 15 is 0 Å². The van der Waals surface area contributed by atoms with Gasteiger partial charge in [0.25, 0.3) is 0 Å². The van der Waals surface area contributed by atoms with Gasteiger partial charge in [0, 0.05) is 10.2 Å². The van der Waals surface area contributed by atoms with Gasteiger partial charge in [-0.3, -0.25) is 0 Å². The third-order valence-electron chi connectivity index (χ3n) is 4.46. The third kappa shape index (κ3) is 4.00. The SMILES string of the molecule is CC1CCC(C(C)C)C(OC(=O)c2ccc(N)c(Br)c2)C1. The number of anilines is 1. The number of benzene rings is 1. The lowest BCUT2D eigenvalue weighted by Crippen LogP contribution is -2.35. The van der Waals surface area contributed by atoms with Gasteiger partial charge in [-0.25, -0.2) is 4.79 Å². The van der Waals surface area contributed by atoms with E-state index in [1.54, 1.807) is 18.2 Å². The van der Waals surface area contributed by atoms with Gasteiger partial charge in [0.15, 0.2) is 0 Å². The highest BCUT2D eigenvalue weighted by molar-refractivity contribution is 9.10. The largest absolute Gasteiger partial charge is 0.458 e. The van der Waals surface area contributed by atoms with E-state index in [1.165, 1.54) is 6.42 Å². The molecular weight excluding hydrogens is 330 g/mol. The molecule has 0 saturated heterocycles. The highest BCUT2D eigenvalue weighted by Crippen LogP contribution is 2.35. The Morgan fingerprint density at radius 3 is 2.71 bits per heavy atom. The molecule has 1 aliphatic rings. The minimum atomic E-state index is -0.250. The van der Waals surface area contributed by atoms with Crippen LogP contribution in [0.2, 0.25) is 0 Å². The van der Waals surface area contributed by atoms with E-state index in [2.05, 4.69) is 36.7 Å². The molecule has 116 valence electrons. The summed E-state index contributed by atoms with van der Waals surface area (Å²) in [5.41, 5.74) is 6.93. The summed E-state index contributed by atoms with van der Waals surface area (Å²) in [6.45, 7) is 6.65. The van der Waals surface area contributed by atoms with Crippen LogP contribution in [0.4, 0.5) is 5.69 Å². The molecule has 2 N–H and O–H groups in total. The van der Waals surface area contributed by atoms with Gasteiger partial charge in [0.1, 0.15) is 6.10 Å². The lowest BCUT2D eigenvalue weighted by atomic mass is 9.75. The number of carbonyl (C=O) groups excluding carboxylic acids is 1. The fraction of sp³-hybridized carbons (Fsp3) is 0.588. The zero-order valence-corrected chi connectivity index (χ0v) is 14.5. The topological polar surface area (TPSA) is 52.3 Å². The standard InChI is InChI=1S/C17H24BrNO2/c1-10(2)13-6-4-11(3)8-16(13)21-17(20)12-5-7-15(19)14(18)9-12/h5,7,9-11,13,16H,4,6,8,19H2,1-3H3. The monoisotopic (exact) mass is 353 g/mol. The quantitative estimate of drug-likeness (QED) is 0.635. The van der Waals surface area contributed by atoms with Crippen molar-refractivity contribution in [1.29, 1.82) is 0 Å². The molecule has 0 heterocycles. The molecule has 1 fully saturated rings. The minimum absolute atomic E-state index is 0.0255. The lowest BCUT2D eigenvalue weighted by Gasteiger charge is -2.36. The van der Waals surface area contributed by atoms with Gasteiger partial charge in [-0.2, -0.15) is 0 Å². The molecule has 1 aromatic carbocycles. The highest BCUT2D eigenvalue weighted by Gasteiger charge is 2.33. The Kier molecular flexibility index (Phi) is 5.31. The van der Waals surface area contributed by atoms with Crippen molar-refractivity contribution in [3.8, 4) is 0 Å². The lowest BCUT2D eigenvalue weighted by molar-refractivity contribution is -0.0174. The summed E-state index contributed by atoms with van der Waals surface area (Å²) < 4.78 is 6.55. The zero-order valence-electron chi connectivity index (χ0n) is 12.9. The maximum atomic E-state index is 12.4. The average Bonchev–Trinajstić information content (AvgIpc) is 2.41. The molecule has 1 aromatic rings. The molecule has 0 aromatic heterocycles. The second-order valence-corrected chi connectivity index (χ2v) is 7.36. The summed E-state index contributed by atoms with van der Waals surface area (Å²) in [7, 11) is 0. The molecule has 3 nitrogen and oxygen atoms in total. The van der Waals surface area contributed by atoms with Crippen molar-refractivity contribution >= 4 is 27.6 Å². The maximum absolute atomic E-state index is 12.4. The molecule has 0 amide bonds. The smallest absolute Gasteiger partial charge is 0.338 e. The number of rotatable bonds is 3. The van der Waals surface area contributed by atoms with E-state index in [0.717, 1.165) is 17.3 Å². The average molecular weight is 354 g/mol. The van der Waals surface area contributed by atoms with Crippen LogP contribution in [0.25, 0.3) is 0 Å².